The molecule has 1 saturated heterocycles. The maximum absolute atomic E-state index is 13.4. The Labute approximate surface area is 130 Å². The summed E-state index contributed by atoms with van der Waals surface area (Å²) >= 11 is 4.96. The van der Waals surface area contributed by atoms with Gasteiger partial charge in [-0.1, -0.05) is 11.8 Å². The van der Waals surface area contributed by atoms with Crippen LogP contribution in [0.5, 0.6) is 0 Å². The Kier molecular flexibility index (Phi) is 4.06. The number of thioether (sulfide) groups is 1. The number of hydrogen-bond donors (Lipinski definition) is 1. The second-order valence-electron chi connectivity index (χ2n) is 5.25. The van der Waals surface area contributed by atoms with Crippen molar-refractivity contribution < 1.29 is 9.13 Å². The number of benzene rings is 1. The van der Waals surface area contributed by atoms with Crippen LogP contribution >= 0.6 is 27.7 Å². The number of halogens is 2. The summed E-state index contributed by atoms with van der Waals surface area (Å²) in [6, 6.07) is 3.29. The molecule has 1 aromatic rings. The normalized spacial score (nSPS) is 21.1. The largest absolute Gasteiger partial charge is 0.381 e. The van der Waals surface area contributed by atoms with Crippen LogP contribution in [0.4, 0.5) is 10.1 Å². The lowest BCUT2D eigenvalue weighted by atomic mass is 9.93. The molecule has 2 aliphatic rings. The molecule has 3 nitrogen and oxygen atoms in total. The number of nitrogens with zero attached hydrogens (tertiary/aromatic N) is 1. The average Bonchev–Trinajstić information content (AvgIpc) is 2.79. The Balaban J connectivity index is 1.78. The van der Waals surface area contributed by atoms with Gasteiger partial charge in [0.1, 0.15) is 5.82 Å². The van der Waals surface area contributed by atoms with Crippen LogP contribution in [0, 0.1) is 12.7 Å². The lowest BCUT2D eigenvalue weighted by molar-refractivity contribution is 0.0624. The molecule has 0 bridgehead atoms. The van der Waals surface area contributed by atoms with E-state index in [9.17, 15) is 4.39 Å². The van der Waals surface area contributed by atoms with E-state index in [1.165, 1.54) is 6.07 Å². The first-order valence-corrected chi connectivity index (χ1v) is 8.39. The number of anilines is 1. The second kappa shape index (κ2) is 5.66. The van der Waals surface area contributed by atoms with Crippen molar-refractivity contribution in [2.75, 3.05) is 24.3 Å². The molecule has 0 aromatic heterocycles. The van der Waals surface area contributed by atoms with Crippen LogP contribution in [0.15, 0.2) is 21.6 Å². The fraction of sp³-hybridized carbons (Fsp3) is 0.500. The van der Waals surface area contributed by atoms with Gasteiger partial charge in [-0.3, -0.25) is 4.99 Å². The highest BCUT2D eigenvalue weighted by Gasteiger charge is 2.37. The van der Waals surface area contributed by atoms with Crippen molar-refractivity contribution in [3.63, 3.8) is 0 Å². The Morgan fingerprint density at radius 2 is 2.15 bits per heavy atom. The monoisotopic (exact) mass is 358 g/mol. The van der Waals surface area contributed by atoms with Crippen LogP contribution in [0.1, 0.15) is 18.4 Å². The molecule has 108 valence electrons. The smallest absolute Gasteiger partial charge is 0.161 e. The van der Waals surface area contributed by atoms with Crippen LogP contribution in [0.25, 0.3) is 0 Å². The molecule has 0 aliphatic carbocycles. The van der Waals surface area contributed by atoms with Gasteiger partial charge in [-0.25, -0.2) is 4.39 Å². The third-order valence-electron chi connectivity index (χ3n) is 3.75. The molecule has 1 spiro atoms. The Morgan fingerprint density at radius 3 is 2.90 bits per heavy atom. The maximum atomic E-state index is 13.4. The standard InChI is InChI=1S/C14H16BrFN2OS/c1-9-6-11(16)10(15)7-12(9)17-13-18-14(8-20-13)2-4-19-5-3-14/h6-7H,2-5,8H2,1H3,(H,17,18). The van der Waals surface area contributed by atoms with Crippen LogP contribution in [0.2, 0.25) is 0 Å². The molecule has 1 aromatic carbocycles. The zero-order valence-corrected chi connectivity index (χ0v) is 13.6. The highest BCUT2D eigenvalue weighted by Crippen LogP contribution is 2.36. The number of nitrogens with one attached hydrogen (secondary N) is 1. The van der Waals surface area contributed by atoms with Crippen molar-refractivity contribution in [1.82, 2.24) is 0 Å². The molecule has 0 saturated carbocycles. The summed E-state index contributed by atoms with van der Waals surface area (Å²) in [4.78, 5) is 4.85. The molecule has 0 amide bonds. The Morgan fingerprint density at radius 1 is 1.40 bits per heavy atom. The maximum Gasteiger partial charge on any atom is 0.161 e. The van der Waals surface area contributed by atoms with Crippen molar-refractivity contribution >= 4 is 38.5 Å². The minimum Gasteiger partial charge on any atom is -0.381 e. The van der Waals surface area contributed by atoms with Crippen LogP contribution in [0.3, 0.4) is 0 Å². The number of amidine groups is 1. The molecular weight excluding hydrogens is 343 g/mol. The molecule has 20 heavy (non-hydrogen) atoms. The predicted molar refractivity (Wildman–Crippen MR) is 85.1 cm³/mol. The van der Waals surface area contributed by atoms with E-state index in [0.29, 0.717) is 4.47 Å². The van der Waals surface area contributed by atoms with Gasteiger partial charge in [0.2, 0.25) is 0 Å². The lowest BCUT2D eigenvalue weighted by Crippen LogP contribution is -2.34. The zero-order chi connectivity index (χ0) is 14.2. The van der Waals surface area contributed by atoms with E-state index >= 15 is 0 Å². The van der Waals surface area contributed by atoms with Gasteiger partial charge < -0.3 is 10.1 Å². The molecule has 2 heterocycles. The number of rotatable bonds is 1. The minimum absolute atomic E-state index is 0.0381. The lowest BCUT2D eigenvalue weighted by Gasteiger charge is -2.29. The molecule has 1 fully saturated rings. The van der Waals surface area contributed by atoms with E-state index in [1.54, 1.807) is 17.8 Å². The average molecular weight is 359 g/mol. The number of hydrogen-bond acceptors (Lipinski definition) is 4. The third kappa shape index (κ3) is 2.87. The highest BCUT2D eigenvalue weighted by atomic mass is 79.9. The SMILES string of the molecule is Cc1cc(F)c(Br)cc1NC1=NC2(CCOCC2)CS1. The minimum atomic E-state index is -0.241. The summed E-state index contributed by atoms with van der Waals surface area (Å²) in [5.74, 6) is 0.759. The summed E-state index contributed by atoms with van der Waals surface area (Å²) in [6.07, 6.45) is 1.97. The molecule has 6 heteroatoms. The zero-order valence-electron chi connectivity index (χ0n) is 11.2. The summed E-state index contributed by atoms with van der Waals surface area (Å²) in [6.45, 7) is 3.47. The summed E-state index contributed by atoms with van der Waals surface area (Å²) < 4.78 is 19.3. The van der Waals surface area contributed by atoms with Gasteiger partial charge in [-0.05, 0) is 53.4 Å². The van der Waals surface area contributed by atoms with Crippen LogP contribution < -0.4 is 5.32 Å². The Bertz CT molecular complexity index is 558. The van der Waals surface area contributed by atoms with Crippen molar-refractivity contribution in [1.29, 1.82) is 0 Å². The number of aliphatic imine (C=N–C) groups is 1. The molecule has 1 N–H and O–H groups in total. The molecular formula is C14H16BrFN2OS. The number of ether oxygens (including phenoxy) is 1. The first kappa shape index (κ1) is 14.4. The van der Waals surface area contributed by atoms with Crippen molar-refractivity contribution in [2.24, 2.45) is 4.99 Å². The third-order valence-corrected chi connectivity index (χ3v) is 5.50. The second-order valence-corrected chi connectivity index (χ2v) is 7.07. The van der Waals surface area contributed by atoms with E-state index in [2.05, 4.69) is 21.2 Å². The topological polar surface area (TPSA) is 33.6 Å². The molecule has 0 radical (unpaired) electrons. The van der Waals surface area contributed by atoms with Gasteiger partial charge in [0.15, 0.2) is 5.17 Å². The van der Waals surface area contributed by atoms with Crippen LogP contribution in [-0.4, -0.2) is 29.7 Å². The molecule has 0 unspecified atom stereocenters. The first-order valence-electron chi connectivity index (χ1n) is 6.61. The predicted octanol–water partition coefficient (Wildman–Crippen LogP) is 3.96. The fourth-order valence-electron chi connectivity index (χ4n) is 2.45. The molecule has 2 aliphatic heterocycles. The van der Waals surface area contributed by atoms with Gasteiger partial charge in [-0.2, -0.15) is 0 Å². The molecule has 3 rings (SSSR count). The first-order chi connectivity index (χ1) is 9.58. The Hall–Kier alpha value is -0.590. The number of aryl methyl sites for hydroxylation is 1. The summed E-state index contributed by atoms with van der Waals surface area (Å²) in [5, 5.41) is 4.25. The summed E-state index contributed by atoms with van der Waals surface area (Å²) in [7, 11) is 0. The molecule has 0 atom stereocenters. The van der Waals surface area contributed by atoms with Crippen LogP contribution in [-0.2, 0) is 4.74 Å². The van der Waals surface area contributed by atoms with Crippen molar-refractivity contribution in [3.05, 3.63) is 28.0 Å². The van der Waals surface area contributed by atoms with Crippen molar-refractivity contribution in [2.45, 2.75) is 25.3 Å². The highest BCUT2D eigenvalue weighted by molar-refractivity contribution is 9.10. The fourth-order valence-corrected chi connectivity index (χ4v) is 3.99. The van der Waals surface area contributed by atoms with Gasteiger partial charge in [0.05, 0.1) is 10.0 Å². The van der Waals surface area contributed by atoms with Gasteiger partial charge in [0.25, 0.3) is 0 Å². The van der Waals surface area contributed by atoms with Gasteiger partial charge in [-0.15, -0.1) is 0 Å². The van der Waals surface area contributed by atoms with Gasteiger partial charge >= 0.3 is 0 Å². The van der Waals surface area contributed by atoms with E-state index in [4.69, 9.17) is 9.73 Å². The van der Waals surface area contributed by atoms with E-state index < -0.39 is 0 Å². The van der Waals surface area contributed by atoms with Gasteiger partial charge in [0, 0.05) is 24.7 Å². The summed E-state index contributed by atoms with van der Waals surface area (Å²) in [5.41, 5.74) is 1.81. The van der Waals surface area contributed by atoms with E-state index in [1.807, 2.05) is 6.92 Å². The van der Waals surface area contributed by atoms with E-state index in [-0.39, 0.29) is 11.4 Å². The van der Waals surface area contributed by atoms with E-state index in [0.717, 1.165) is 48.2 Å². The van der Waals surface area contributed by atoms with Crippen molar-refractivity contribution in [3.8, 4) is 0 Å². The quantitative estimate of drug-likeness (QED) is 0.824.